The molecule has 0 radical (unpaired) electrons. The maximum atomic E-state index is 13.0. The zero-order chi connectivity index (χ0) is 16.5. The van der Waals surface area contributed by atoms with Gasteiger partial charge < -0.3 is 15.1 Å². The second kappa shape index (κ2) is 6.05. The minimum atomic E-state index is -0.305. The first-order chi connectivity index (χ1) is 11.7. The number of amides is 1. The summed E-state index contributed by atoms with van der Waals surface area (Å²) in [6, 6.07) is 11.2. The molecule has 24 heavy (non-hydrogen) atoms. The van der Waals surface area contributed by atoms with Gasteiger partial charge in [0.15, 0.2) is 5.58 Å². The van der Waals surface area contributed by atoms with Gasteiger partial charge in [-0.05, 0) is 55.8 Å². The first kappa shape index (κ1) is 14.8. The number of nitrogens with zero attached hydrogens (tertiary/aromatic N) is 1. The number of nitrogens with one attached hydrogen (secondary N) is 2. The van der Waals surface area contributed by atoms with Crippen LogP contribution in [0.1, 0.15) is 12.8 Å². The molecule has 1 aliphatic rings. The van der Waals surface area contributed by atoms with Gasteiger partial charge in [0.25, 0.3) is 0 Å². The van der Waals surface area contributed by atoms with E-state index in [2.05, 4.69) is 15.6 Å². The highest BCUT2D eigenvalue weighted by molar-refractivity contribution is 5.96. The zero-order valence-electron chi connectivity index (χ0n) is 12.9. The van der Waals surface area contributed by atoms with E-state index in [1.807, 2.05) is 0 Å². The zero-order valence-corrected chi connectivity index (χ0v) is 12.9. The van der Waals surface area contributed by atoms with Crippen molar-refractivity contribution < 1.29 is 13.6 Å². The molecule has 2 N–H and O–H groups in total. The molecule has 1 saturated heterocycles. The molecule has 0 bridgehead atoms. The summed E-state index contributed by atoms with van der Waals surface area (Å²) in [4.78, 5) is 16.6. The summed E-state index contributed by atoms with van der Waals surface area (Å²) < 4.78 is 18.8. The van der Waals surface area contributed by atoms with Crippen LogP contribution in [0.2, 0.25) is 0 Å². The molecule has 122 valence electrons. The van der Waals surface area contributed by atoms with Crippen molar-refractivity contribution in [1.29, 1.82) is 0 Å². The van der Waals surface area contributed by atoms with E-state index >= 15 is 0 Å². The first-order valence-electron chi connectivity index (χ1n) is 7.90. The van der Waals surface area contributed by atoms with Crippen LogP contribution < -0.4 is 10.6 Å². The lowest BCUT2D eigenvalue weighted by atomic mass is 10.2. The fraction of sp³-hybridized carbons (Fsp3) is 0.222. The minimum absolute atomic E-state index is 0.0369. The molecule has 6 heteroatoms. The Hall–Kier alpha value is -2.73. The number of carbonyl (C=O) groups is 1. The van der Waals surface area contributed by atoms with Gasteiger partial charge in [-0.15, -0.1) is 0 Å². The number of carbonyl (C=O) groups excluding carboxylic acids is 1. The third kappa shape index (κ3) is 2.88. The number of rotatable bonds is 3. The van der Waals surface area contributed by atoms with Crippen LogP contribution in [0.3, 0.4) is 0 Å². The Morgan fingerprint density at radius 2 is 2.08 bits per heavy atom. The van der Waals surface area contributed by atoms with Crippen LogP contribution in [0.15, 0.2) is 46.9 Å². The molecule has 1 aliphatic heterocycles. The summed E-state index contributed by atoms with van der Waals surface area (Å²) in [7, 11) is 0. The molecule has 1 amide bonds. The Balaban J connectivity index is 1.58. The molecule has 4 rings (SSSR count). The second-order valence-electron chi connectivity index (χ2n) is 5.85. The van der Waals surface area contributed by atoms with Crippen molar-refractivity contribution in [2.45, 2.75) is 18.9 Å². The molecule has 5 nitrogen and oxygen atoms in total. The summed E-state index contributed by atoms with van der Waals surface area (Å²) in [5.41, 5.74) is 2.63. The van der Waals surface area contributed by atoms with Gasteiger partial charge in [-0.2, -0.15) is 0 Å². The standard InChI is InChI=1S/C18H16FN3O2/c19-12-5-3-11(4-6-12)18-22-14-8-7-13(10-16(14)24-18)21-17(23)15-2-1-9-20-15/h3-8,10,15,20H,1-2,9H2,(H,21,23). The van der Waals surface area contributed by atoms with Gasteiger partial charge in [0.05, 0.1) is 6.04 Å². The fourth-order valence-electron chi connectivity index (χ4n) is 2.86. The van der Waals surface area contributed by atoms with Gasteiger partial charge in [-0.25, -0.2) is 9.37 Å². The summed E-state index contributed by atoms with van der Waals surface area (Å²) in [6.07, 6.45) is 1.87. The molecular formula is C18H16FN3O2. The van der Waals surface area contributed by atoms with Crippen molar-refractivity contribution in [1.82, 2.24) is 10.3 Å². The highest BCUT2D eigenvalue weighted by Gasteiger charge is 2.22. The number of fused-ring (bicyclic) bond motifs is 1. The lowest BCUT2D eigenvalue weighted by molar-refractivity contribution is -0.117. The third-order valence-corrected chi connectivity index (χ3v) is 4.12. The van der Waals surface area contributed by atoms with Crippen LogP contribution in [-0.4, -0.2) is 23.5 Å². The average Bonchev–Trinajstić information content (AvgIpc) is 3.24. The topological polar surface area (TPSA) is 67.2 Å². The molecule has 0 spiro atoms. The van der Waals surface area contributed by atoms with Crippen LogP contribution >= 0.6 is 0 Å². The van der Waals surface area contributed by atoms with Crippen LogP contribution in [0.4, 0.5) is 10.1 Å². The van der Waals surface area contributed by atoms with E-state index < -0.39 is 0 Å². The Kier molecular flexibility index (Phi) is 3.74. The van der Waals surface area contributed by atoms with E-state index in [9.17, 15) is 9.18 Å². The van der Waals surface area contributed by atoms with Crippen molar-refractivity contribution in [3.63, 3.8) is 0 Å². The second-order valence-corrected chi connectivity index (χ2v) is 5.85. The quantitative estimate of drug-likeness (QED) is 0.775. The molecule has 2 aromatic carbocycles. The molecule has 0 saturated carbocycles. The molecule has 3 aromatic rings. The van der Waals surface area contributed by atoms with E-state index in [0.29, 0.717) is 28.2 Å². The van der Waals surface area contributed by atoms with Gasteiger partial charge in [0.1, 0.15) is 11.3 Å². The summed E-state index contributed by atoms with van der Waals surface area (Å²) in [6.45, 7) is 0.875. The molecule has 1 aromatic heterocycles. The lowest BCUT2D eigenvalue weighted by Gasteiger charge is -2.10. The predicted molar refractivity (Wildman–Crippen MR) is 89.1 cm³/mol. The van der Waals surface area contributed by atoms with Gasteiger partial charge in [-0.3, -0.25) is 4.79 Å². The largest absolute Gasteiger partial charge is 0.436 e. The van der Waals surface area contributed by atoms with E-state index in [1.165, 1.54) is 12.1 Å². The number of hydrogen-bond acceptors (Lipinski definition) is 4. The summed E-state index contributed by atoms with van der Waals surface area (Å²) in [5.74, 6) is 0.0800. The van der Waals surface area contributed by atoms with Crippen LogP contribution in [0.5, 0.6) is 0 Å². The number of hydrogen-bond donors (Lipinski definition) is 2. The average molecular weight is 325 g/mol. The van der Waals surface area contributed by atoms with Crippen molar-refractivity contribution >= 4 is 22.7 Å². The van der Waals surface area contributed by atoms with Crippen LogP contribution in [0.25, 0.3) is 22.6 Å². The summed E-state index contributed by atoms with van der Waals surface area (Å²) in [5, 5.41) is 6.06. The Morgan fingerprint density at radius 1 is 1.25 bits per heavy atom. The smallest absolute Gasteiger partial charge is 0.241 e. The molecule has 0 aliphatic carbocycles. The molecule has 1 unspecified atom stereocenters. The van der Waals surface area contributed by atoms with E-state index in [-0.39, 0.29) is 17.8 Å². The highest BCUT2D eigenvalue weighted by atomic mass is 19.1. The number of halogens is 1. The monoisotopic (exact) mass is 325 g/mol. The van der Waals surface area contributed by atoms with Gasteiger partial charge in [0, 0.05) is 17.3 Å². The molecule has 1 fully saturated rings. The highest BCUT2D eigenvalue weighted by Crippen LogP contribution is 2.26. The van der Waals surface area contributed by atoms with Crippen molar-refractivity contribution in [3.8, 4) is 11.5 Å². The maximum absolute atomic E-state index is 13.0. The van der Waals surface area contributed by atoms with Gasteiger partial charge in [-0.1, -0.05) is 0 Å². The lowest BCUT2D eigenvalue weighted by Crippen LogP contribution is -2.35. The van der Waals surface area contributed by atoms with Crippen molar-refractivity contribution in [2.24, 2.45) is 0 Å². The molecule has 1 atom stereocenters. The predicted octanol–water partition coefficient (Wildman–Crippen LogP) is 3.32. The van der Waals surface area contributed by atoms with E-state index in [0.717, 1.165) is 19.4 Å². The van der Waals surface area contributed by atoms with Gasteiger partial charge >= 0.3 is 0 Å². The van der Waals surface area contributed by atoms with E-state index in [1.54, 1.807) is 30.3 Å². The normalized spacial score (nSPS) is 17.3. The van der Waals surface area contributed by atoms with Crippen molar-refractivity contribution in [2.75, 3.05) is 11.9 Å². The number of oxazole rings is 1. The maximum Gasteiger partial charge on any atom is 0.241 e. The fourth-order valence-corrected chi connectivity index (χ4v) is 2.86. The Bertz CT molecular complexity index is 883. The van der Waals surface area contributed by atoms with Crippen LogP contribution in [-0.2, 0) is 4.79 Å². The number of benzene rings is 2. The number of anilines is 1. The summed E-state index contributed by atoms with van der Waals surface area (Å²) >= 11 is 0. The third-order valence-electron chi connectivity index (χ3n) is 4.12. The van der Waals surface area contributed by atoms with Gasteiger partial charge in [0.2, 0.25) is 11.8 Å². The Labute approximate surface area is 137 Å². The Morgan fingerprint density at radius 3 is 2.83 bits per heavy atom. The van der Waals surface area contributed by atoms with E-state index in [4.69, 9.17) is 4.42 Å². The number of aromatic nitrogens is 1. The molecule has 2 heterocycles. The minimum Gasteiger partial charge on any atom is -0.436 e. The van der Waals surface area contributed by atoms with Crippen LogP contribution in [0, 0.1) is 5.82 Å². The SMILES string of the molecule is O=C(Nc1ccc2nc(-c3ccc(F)cc3)oc2c1)C1CCCN1. The first-order valence-corrected chi connectivity index (χ1v) is 7.90. The van der Waals surface area contributed by atoms with Crippen molar-refractivity contribution in [3.05, 3.63) is 48.3 Å². The molecular weight excluding hydrogens is 309 g/mol.